The first-order chi connectivity index (χ1) is 23.7. The summed E-state index contributed by atoms with van der Waals surface area (Å²) in [7, 11) is 0. The van der Waals surface area contributed by atoms with E-state index < -0.39 is 5.82 Å². The van der Waals surface area contributed by atoms with Gasteiger partial charge >= 0.3 is 0 Å². The lowest BCUT2D eigenvalue weighted by Gasteiger charge is -2.15. The van der Waals surface area contributed by atoms with Crippen LogP contribution < -0.4 is 0 Å². The van der Waals surface area contributed by atoms with Crippen molar-refractivity contribution in [2.75, 3.05) is 0 Å². The minimum Gasteiger partial charge on any atom is -0.306 e. The highest BCUT2D eigenvalue weighted by atomic mass is 19.1. The Morgan fingerprint density at radius 2 is 0.896 bits per heavy atom. The fourth-order valence-electron chi connectivity index (χ4n) is 8.46. The number of rotatable bonds is 3. The molecule has 0 amide bonds. The summed E-state index contributed by atoms with van der Waals surface area (Å²) in [4.78, 5) is 0. The van der Waals surface area contributed by atoms with Crippen molar-refractivity contribution in [3.8, 4) is 34.0 Å². The van der Waals surface area contributed by atoms with E-state index in [0.717, 1.165) is 21.8 Å². The van der Waals surface area contributed by atoms with Crippen LogP contribution in [-0.2, 0) is 0 Å². The van der Waals surface area contributed by atoms with Crippen LogP contribution in [0.1, 0.15) is 50.8 Å². The summed E-state index contributed by atoms with van der Waals surface area (Å²) in [5, 5.41) is 11.6. The van der Waals surface area contributed by atoms with E-state index in [4.69, 9.17) is 0 Å². The van der Waals surface area contributed by atoms with Crippen molar-refractivity contribution in [2.24, 2.45) is 0 Å². The molecule has 10 rings (SSSR count). The van der Waals surface area contributed by atoms with E-state index in [2.05, 4.69) is 140 Å². The molecule has 7 aromatic carbocycles. The monoisotopic (exact) mass is 614 g/mol. The molecular weight excluding hydrogens is 588 g/mol. The maximum Gasteiger partial charge on any atom is 0.148 e. The summed E-state index contributed by atoms with van der Waals surface area (Å²) in [5.74, 6) is -0.217. The van der Waals surface area contributed by atoms with Crippen LogP contribution in [0.4, 0.5) is 4.39 Å². The molecule has 2 nitrogen and oxygen atoms in total. The average molecular weight is 615 g/mol. The number of aromatic nitrogens is 1. The van der Waals surface area contributed by atoms with Crippen molar-refractivity contribution in [3.63, 3.8) is 0 Å². The number of fused-ring (bicyclic) bond motifs is 9. The van der Waals surface area contributed by atoms with Gasteiger partial charge in [-0.05, 0) is 98.1 Å². The molecular formula is C45H27FN2. The number of halogens is 1. The molecule has 0 atom stereocenters. The predicted molar refractivity (Wildman–Crippen MR) is 191 cm³/mol. The first-order valence-corrected chi connectivity index (χ1v) is 16.3. The highest BCUT2D eigenvalue weighted by Gasteiger charge is 2.32. The quantitative estimate of drug-likeness (QED) is 0.195. The van der Waals surface area contributed by atoms with Crippen LogP contribution in [0.2, 0.25) is 0 Å². The van der Waals surface area contributed by atoms with Crippen LogP contribution >= 0.6 is 0 Å². The van der Waals surface area contributed by atoms with Crippen LogP contribution in [0.3, 0.4) is 0 Å². The van der Waals surface area contributed by atoms with Gasteiger partial charge in [-0.1, -0.05) is 109 Å². The molecule has 0 saturated carbocycles. The van der Waals surface area contributed by atoms with E-state index in [1.165, 1.54) is 61.7 Å². The molecule has 8 aromatic rings. The van der Waals surface area contributed by atoms with Crippen LogP contribution in [0.25, 0.3) is 49.7 Å². The molecule has 224 valence electrons. The van der Waals surface area contributed by atoms with Crippen LogP contribution in [0.15, 0.2) is 152 Å². The SMILES string of the molecule is N#Cc1ccc(-n2c3ccc(C4c5ccccc5-c5ccccc54)cc3c3cc(C4c5ccccc5-c5ccccc54)ccc32)c(F)c1. The van der Waals surface area contributed by atoms with Gasteiger partial charge in [-0.2, -0.15) is 5.26 Å². The van der Waals surface area contributed by atoms with Crippen molar-refractivity contribution >= 4 is 21.8 Å². The van der Waals surface area contributed by atoms with Gasteiger partial charge in [-0.15, -0.1) is 0 Å². The maximum atomic E-state index is 15.8. The topological polar surface area (TPSA) is 28.7 Å². The van der Waals surface area contributed by atoms with Gasteiger partial charge in [-0.3, -0.25) is 0 Å². The highest BCUT2D eigenvalue weighted by molar-refractivity contribution is 6.10. The molecule has 0 bridgehead atoms. The second-order valence-corrected chi connectivity index (χ2v) is 12.9. The van der Waals surface area contributed by atoms with Crippen LogP contribution in [0.5, 0.6) is 0 Å². The highest BCUT2D eigenvalue weighted by Crippen LogP contribution is 2.50. The van der Waals surface area contributed by atoms with Crippen molar-refractivity contribution in [2.45, 2.75) is 11.8 Å². The van der Waals surface area contributed by atoms with Crippen LogP contribution in [-0.4, -0.2) is 4.57 Å². The molecule has 0 aliphatic heterocycles. The smallest absolute Gasteiger partial charge is 0.148 e. The number of nitrogens with zero attached hydrogens (tertiary/aromatic N) is 2. The molecule has 0 saturated heterocycles. The lowest BCUT2D eigenvalue weighted by Crippen LogP contribution is -2.01. The third-order valence-corrected chi connectivity index (χ3v) is 10.5. The number of benzene rings is 7. The second kappa shape index (κ2) is 10.1. The number of hydrogen-bond donors (Lipinski definition) is 0. The van der Waals surface area contributed by atoms with Gasteiger partial charge in [0.05, 0.1) is 28.4 Å². The Balaban J connectivity index is 1.24. The van der Waals surface area contributed by atoms with E-state index in [9.17, 15) is 5.26 Å². The van der Waals surface area contributed by atoms with Gasteiger partial charge in [0.15, 0.2) is 0 Å². The van der Waals surface area contributed by atoms with Gasteiger partial charge in [0.25, 0.3) is 0 Å². The largest absolute Gasteiger partial charge is 0.306 e. The minimum atomic E-state index is -0.418. The van der Waals surface area contributed by atoms with E-state index in [1.54, 1.807) is 12.1 Å². The Morgan fingerprint density at radius 1 is 0.479 bits per heavy atom. The summed E-state index contributed by atoms with van der Waals surface area (Å²) >= 11 is 0. The zero-order valence-corrected chi connectivity index (χ0v) is 25.9. The Labute approximate surface area is 277 Å². The van der Waals surface area contributed by atoms with Crippen molar-refractivity contribution in [3.05, 3.63) is 196 Å². The van der Waals surface area contributed by atoms with Gasteiger partial charge < -0.3 is 4.57 Å². The van der Waals surface area contributed by atoms with Gasteiger partial charge in [0.1, 0.15) is 5.82 Å². The Morgan fingerprint density at radius 3 is 1.29 bits per heavy atom. The van der Waals surface area contributed by atoms with Crippen LogP contribution in [0, 0.1) is 17.1 Å². The molecule has 1 heterocycles. The zero-order chi connectivity index (χ0) is 31.9. The van der Waals surface area contributed by atoms with Crippen molar-refractivity contribution < 1.29 is 4.39 Å². The van der Waals surface area contributed by atoms with E-state index in [-0.39, 0.29) is 11.8 Å². The van der Waals surface area contributed by atoms with Gasteiger partial charge in [0, 0.05) is 22.6 Å². The zero-order valence-electron chi connectivity index (χ0n) is 25.9. The molecule has 1 aromatic heterocycles. The second-order valence-electron chi connectivity index (χ2n) is 12.9. The fraction of sp³-hybridized carbons (Fsp3) is 0.0444. The summed E-state index contributed by atoms with van der Waals surface area (Å²) in [6.45, 7) is 0. The lowest BCUT2D eigenvalue weighted by atomic mass is 9.87. The Bertz CT molecular complexity index is 2430. The molecule has 2 aliphatic carbocycles. The summed E-state index contributed by atoms with van der Waals surface area (Å²) in [5.41, 5.74) is 15.4. The number of nitriles is 1. The summed E-state index contributed by atoms with van der Waals surface area (Å²) in [6, 6.07) is 54.9. The molecule has 0 N–H and O–H groups in total. The summed E-state index contributed by atoms with van der Waals surface area (Å²) < 4.78 is 17.8. The minimum absolute atomic E-state index is 0.101. The molecule has 2 aliphatic rings. The van der Waals surface area contributed by atoms with Gasteiger partial charge in [-0.25, -0.2) is 4.39 Å². The van der Waals surface area contributed by atoms with E-state index in [0.29, 0.717) is 11.3 Å². The molecule has 0 radical (unpaired) electrons. The Hall–Kier alpha value is -6.24. The van der Waals surface area contributed by atoms with E-state index >= 15 is 4.39 Å². The Kier molecular flexibility index (Phi) is 5.68. The van der Waals surface area contributed by atoms with Gasteiger partial charge in [0.2, 0.25) is 0 Å². The molecule has 0 spiro atoms. The first kappa shape index (κ1) is 26.9. The first-order valence-electron chi connectivity index (χ1n) is 16.3. The molecule has 48 heavy (non-hydrogen) atoms. The van der Waals surface area contributed by atoms with Crippen molar-refractivity contribution in [1.82, 2.24) is 4.57 Å². The predicted octanol–water partition coefficient (Wildman–Crippen LogP) is 11.1. The third kappa shape index (κ3) is 3.72. The normalized spacial score (nSPS) is 13.3. The lowest BCUT2D eigenvalue weighted by molar-refractivity contribution is 0.620. The fourth-order valence-corrected chi connectivity index (χ4v) is 8.46. The standard InChI is InChI=1S/C45H27FN2/c46-40-23-27(26-47)17-20-43(40)48-41-21-18-28(44-34-13-5-1-9-30(34)31-10-2-6-14-35(31)44)24-38(41)39-25-29(19-22-42(39)48)45-36-15-7-3-11-32(36)33-12-4-8-16-37(33)45/h1-25,44-45H. The summed E-state index contributed by atoms with van der Waals surface area (Å²) in [6.07, 6.45) is 0. The average Bonchev–Trinajstić information content (AvgIpc) is 3.77. The maximum absolute atomic E-state index is 15.8. The third-order valence-electron chi connectivity index (χ3n) is 10.5. The molecule has 0 unspecified atom stereocenters. The molecule has 0 fully saturated rings. The van der Waals surface area contributed by atoms with E-state index in [1.807, 2.05) is 4.57 Å². The molecule has 3 heteroatoms. The van der Waals surface area contributed by atoms with Crippen molar-refractivity contribution in [1.29, 1.82) is 5.26 Å². The number of hydrogen-bond acceptors (Lipinski definition) is 1.